The monoisotopic (exact) mass is 478 g/mol. The maximum Gasteiger partial charge on any atom is 0.292 e. The second kappa shape index (κ2) is 7.62. The third-order valence-electron chi connectivity index (χ3n) is 5.49. The highest BCUT2D eigenvalue weighted by Gasteiger charge is 2.41. The summed E-state index contributed by atoms with van der Waals surface area (Å²) in [5.41, 5.74) is -0.597. The fourth-order valence-corrected chi connectivity index (χ4v) is 4.16. The van der Waals surface area contributed by atoms with Gasteiger partial charge < -0.3 is 14.3 Å². The van der Waals surface area contributed by atoms with Crippen LogP contribution >= 0.6 is 11.6 Å². The first-order valence-corrected chi connectivity index (χ1v) is 10.5. The molecule has 172 valence electrons. The Balaban J connectivity index is 1.63. The molecule has 5 heterocycles. The molecule has 0 aromatic carbocycles. The van der Waals surface area contributed by atoms with E-state index in [2.05, 4.69) is 20.1 Å². The van der Waals surface area contributed by atoms with E-state index in [1.165, 1.54) is 15.7 Å². The van der Waals surface area contributed by atoms with Crippen molar-refractivity contribution >= 4 is 23.0 Å². The van der Waals surface area contributed by atoms with Crippen LogP contribution in [-0.2, 0) is 12.1 Å². The number of pyridine rings is 1. The van der Waals surface area contributed by atoms with Gasteiger partial charge in [0.1, 0.15) is 11.2 Å². The van der Waals surface area contributed by atoms with Crippen molar-refractivity contribution in [1.82, 2.24) is 29.5 Å². The minimum atomic E-state index is -3.12. The molecule has 33 heavy (non-hydrogen) atoms. The number of alkyl halides is 3. The standard InChI is InChI=1S/C21H18ClF3N6O2/c1-21(2,25)20-28-15(18(23)24)17(33-20)19(32)30-7-6-11-14(27-9-26-11)16(30)12-8-10-4-3-5-13(22)31(10)29-12/h3-5,8-9,16,18H,6-7H2,1-2H3,(H,26,27)/t16-/m0/s1. The summed E-state index contributed by atoms with van der Waals surface area (Å²) in [6, 6.07) is 6.16. The normalized spacial score (nSPS) is 16.6. The number of nitrogens with zero attached hydrogens (tertiary/aromatic N) is 5. The predicted octanol–water partition coefficient (Wildman–Crippen LogP) is 4.63. The van der Waals surface area contributed by atoms with E-state index in [4.69, 9.17) is 16.0 Å². The number of halogens is 4. The molecule has 0 bridgehead atoms. The largest absolute Gasteiger partial charge is 0.431 e. The fourth-order valence-electron chi connectivity index (χ4n) is 3.95. The lowest BCUT2D eigenvalue weighted by Crippen LogP contribution is -2.41. The van der Waals surface area contributed by atoms with Crippen LogP contribution in [0.5, 0.6) is 0 Å². The van der Waals surface area contributed by atoms with Gasteiger partial charge in [-0.05, 0) is 32.0 Å². The Labute approximate surface area is 190 Å². The summed E-state index contributed by atoms with van der Waals surface area (Å²) < 4.78 is 48.5. The van der Waals surface area contributed by atoms with Gasteiger partial charge in [-0.25, -0.2) is 27.7 Å². The van der Waals surface area contributed by atoms with E-state index in [1.807, 2.05) is 0 Å². The summed E-state index contributed by atoms with van der Waals surface area (Å²) in [5.74, 6) is -2.14. The first kappa shape index (κ1) is 21.5. The minimum Gasteiger partial charge on any atom is -0.431 e. The van der Waals surface area contributed by atoms with Gasteiger partial charge in [0.25, 0.3) is 12.3 Å². The molecular formula is C21H18ClF3N6O2. The van der Waals surface area contributed by atoms with Crippen molar-refractivity contribution in [3.8, 4) is 0 Å². The molecule has 12 heteroatoms. The SMILES string of the molecule is CC(C)(F)c1nc(C(F)F)c(C(=O)N2CCc3[nH]cnc3[C@@H]2c2cc3cccc(Cl)n3n2)o1. The minimum absolute atomic E-state index is 0.165. The molecule has 0 unspecified atom stereocenters. The summed E-state index contributed by atoms with van der Waals surface area (Å²) in [5, 5.41) is 4.89. The van der Waals surface area contributed by atoms with Gasteiger partial charge in [0.15, 0.2) is 11.4 Å². The lowest BCUT2D eigenvalue weighted by atomic mass is 9.99. The van der Waals surface area contributed by atoms with E-state index < -0.39 is 41.4 Å². The van der Waals surface area contributed by atoms with E-state index in [9.17, 15) is 18.0 Å². The van der Waals surface area contributed by atoms with E-state index in [0.717, 1.165) is 19.5 Å². The number of oxazole rings is 1. The van der Waals surface area contributed by atoms with Gasteiger partial charge in [-0.15, -0.1) is 0 Å². The summed E-state index contributed by atoms with van der Waals surface area (Å²) >= 11 is 6.24. The number of aromatic nitrogens is 5. The molecule has 5 rings (SSSR count). The van der Waals surface area contributed by atoms with Crippen LogP contribution in [0.1, 0.15) is 65.5 Å². The zero-order valence-electron chi connectivity index (χ0n) is 17.5. The summed E-state index contributed by atoms with van der Waals surface area (Å²) in [7, 11) is 0. The van der Waals surface area contributed by atoms with Crippen molar-refractivity contribution in [1.29, 1.82) is 0 Å². The molecule has 4 aromatic rings. The van der Waals surface area contributed by atoms with Crippen molar-refractivity contribution in [3.63, 3.8) is 0 Å². The Morgan fingerprint density at radius 2 is 2.15 bits per heavy atom. The number of fused-ring (bicyclic) bond motifs is 2. The molecule has 0 fully saturated rings. The van der Waals surface area contributed by atoms with Crippen molar-refractivity contribution in [3.05, 3.63) is 70.2 Å². The molecule has 8 nitrogen and oxygen atoms in total. The number of amides is 1. The Kier molecular flexibility index (Phi) is 4.96. The number of nitrogens with one attached hydrogen (secondary N) is 1. The van der Waals surface area contributed by atoms with Crippen molar-refractivity contribution in [2.24, 2.45) is 0 Å². The van der Waals surface area contributed by atoms with E-state index in [1.54, 1.807) is 24.3 Å². The summed E-state index contributed by atoms with van der Waals surface area (Å²) in [6.45, 7) is 2.39. The number of aromatic amines is 1. The number of carbonyl (C=O) groups is 1. The van der Waals surface area contributed by atoms with Crippen molar-refractivity contribution < 1.29 is 22.4 Å². The van der Waals surface area contributed by atoms with Gasteiger partial charge in [0.2, 0.25) is 11.7 Å². The molecule has 1 aliphatic rings. The second-order valence-corrected chi connectivity index (χ2v) is 8.57. The average molecular weight is 479 g/mol. The van der Waals surface area contributed by atoms with Crippen LogP contribution in [0.15, 0.2) is 35.0 Å². The molecule has 1 atom stereocenters. The van der Waals surface area contributed by atoms with Crippen molar-refractivity contribution in [2.75, 3.05) is 6.54 Å². The number of imidazole rings is 1. The molecular weight excluding hydrogens is 461 g/mol. The highest BCUT2D eigenvalue weighted by molar-refractivity contribution is 6.29. The zero-order chi connectivity index (χ0) is 23.5. The fraction of sp³-hybridized carbons (Fsp3) is 0.333. The molecule has 0 spiro atoms. The first-order chi connectivity index (χ1) is 15.6. The Morgan fingerprint density at radius 1 is 1.36 bits per heavy atom. The van der Waals surface area contributed by atoms with E-state index in [-0.39, 0.29) is 6.54 Å². The van der Waals surface area contributed by atoms with Gasteiger partial charge in [-0.1, -0.05) is 17.7 Å². The van der Waals surface area contributed by atoms with Crippen molar-refractivity contribution in [2.45, 2.75) is 38.4 Å². The third kappa shape index (κ3) is 3.56. The number of hydrogen-bond acceptors (Lipinski definition) is 5. The van der Waals surface area contributed by atoms with Crippen LogP contribution in [0, 0.1) is 0 Å². The van der Waals surface area contributed by atoms with Crippen LogP contribution in [0.25, 0.3) is 5.52 Å². The Hall–Kier alpha value is -3.34. The maximum atomic E-state index is 14.4. The lowest BCUT2D eigenvalue weighted by Gasteiger charge is -2.33. The molecule has 4 aromatic heterocycles. The number of H-pyrrole nitrogens is 1. The zero-order valence-corrected chi connectivity index (χ0v) is 18.3. The quantitative estimate of drug-likeness (QED) is 0.432. The summed E-state index contributed by atoms with van der Waals surface area (Å²) in [4.78, 5) is 25.8. The summed E-state index contributed by atoms with van der Waals surface area (Å²) in [6.07, 6.45) is -1.22. The highest BCUT2D eigenvalue weighted by Crippen LogP contribution is 2.37. The van der Waals surface area contributed by atoms with Gasteiger partial charge >= 0.3 is 0 Å². The van der Waals surface area contributed by atoms with Crippen LogP contribution in [0.2, 0.25) is 5.15 Å². The topological polar surface area (TPSA) is 92.3 Å². The molecule has 1 amide bonds. The molecule has 0 saturated carbocycles. The van der Waals surface area contributed by atoms with E-state index >= 15 is 0 Å². The Morgan fingerprint density at radius 3 is 2.85 bits per heavy atom. The van der Waals surface area contributed by atoms with E-state index in [0.29, 0.717) is 28.5 Å². The van der Waals surface area contributed by atoms with Gasteiger partial charge in [0.05, 0.1) is 23.2 Å². The Bertz CT molecular complexity index is 1360. The van der Waals surface area contributed by atoms with Gasteiger partial charge in [-0.3, -0.25) is 4.79 Å². The molecule has 0 radical (unpaired) electrons. The predicted molar refractivity (Wildman–Crippen MR) is 111 cm³/mol. The smallest absolute Gasteiger partial charge is 0.292 e. The van der Waals surface area contributed by atoms with Gasteiger partial charge in [0, 0.05) is 18.7 Å². The first-order valence-electron chi connectivity index (χ1n) is 10.1. The average Bonchev–Trinajstić information content (AvgIpc) is 3.49. The second-order valence-electron chi connectivity index (χ2n) is 8.18. The number of hydrogen-bond donors (Lipinski definition) is 1. The van der Waals surface area contributed by atoms with Crippen LogP contribution in [0.3, 0.4) is 0 Å². The third-order valence-corrected chi connectivity index (χ3v) is 5.77. The number of carbonyl (C=O) groups excluding carboxylic acids is 1. The van der Waals surface area contributed by atoms with Gasteiger partial charge in [-0.2, -0.15) is 5.10 Å². The lowest BCUT2D eigenvalue weighted by molar-refractivity contribution is 0.0630. The van der Waals surface area contributed by atoms with Crippen LogP contribution in [-0.4, -0.2) is 41.9 Å². The van der Waals surface area contributed by atoms with Crippen LogP contribution < -0.4 is 0 Å². The molecule has 1 N–H and O–H groups in total. The maximum absolute atomic E-state index is 14.4. The highest BCUT2D eigenvalue weighted by atomic mass is 35.5. The number of rotatable bonds is 4. The molecule has 1 aliphatic heterocycles. The van der Waals surface area contributed by atoms with Crippen LogP contribution in [0.4, 0.5) is 13.2 Å². The molecule has 0 saturated heterocycles. The molecule has 0 aliphatic carbocycles.